The smallest absolute Gasteiger partial charge is 0.315 e. The Labute approximate surface area is 104 Å². The van der Waals surface area contributed by atoms with Crippen molar-refractivity contribution in [3.63, 3.8) is 0 Å². The van der Waals surface area contributed by atoms with Crippen LogP contribution < -0.4 is 0 Å². The zero-order valence-corrected chi connectivity index (χ0v) is 10.0. The van der Waals surface area contributed by atoms with E-state index in [4.69, 9.17) is 4.74 Å². The number of hydrogen-bond acceptors (Lipinski definition) is 3. The van der Waals surface area contributed by atoms with Gasteiger partial charge in [0.15, 0.2) is 0 Å². The first-order valence-electron chi connectivity index (χ1n) is 5.28. The van der Waals surface area contributed by atoms with Gasteiger partial charge in [-0.15, -0.1) is 11.3 Å². The van der Waals surface area contributed by atoms with E-state index in [0.29, 0.717) is 6.42 Å². The number of benzene rings is 1. The van der Waals surface area contributed by atoms with Crippen LogP contribution in [0.4, 0.5) is 0 Å². The molecule has 0 aliphatic rings. The molecule has 0 fully saturated rings. The number of rotatable bonds is 4. The van der Waals surface area contributed by atoms with Crippen LogP contribution in [0, 0.1) is 0 Å². The lowest BCUT2D eigenvalue weighted by molar-refractivity contribution is -0.137. The molecule has 86 valence electrons. The summed E-state index contributed by atoms with van der Waals surface area (Å²) in [7, 11) is 0. The minimum absolute atomic E-state index is 0.236. The Bertz CT molecular complexity index is 486. The van der Waals surface area contributed by atoms with Gasteiger partial charge in [0.1, 0.15) is 0 Å². The predicted molar refractivity (Wildman–Crippen MR) is 69.6 cm³/mol. The van der Waals surface area contributed by atoms with Crippen molar-refractivity contribution in [2.45, 2.75) is 6.42 Å². The largest absolute Gasteiger partial charge is 0.434 e. The van der Waals surface area contributed by atoms with Crippen LogP contribution in [0.25, 0.3) is 6.08 Å². The number of ether oxygens (including phenoxy) is 1. The fraction of sp³-hybridized carbons (Fsp3) is 0.0714. The quantitative estimate of drug-likeness (QED) is 0.607. The van der Waals surface area contributed by atoms with E-state index in [1.807, 2.05) is 47.8 Å². The molecule has 1 aromatic carbocycles. The van der Waals surface area contributed by atoms with Crippen molar-refractivity contribution < 1.29 is 9.53 Å². The molecular formula is C14H12O2S. The molecule has 2 aromatic rings. The van der Waals surface area contributed by atoms with Gasteiger partial charge < -0.3 is 4.74 Å². The molecule has 2 nitrogen and oxygen atoms in total. The molecule has 0 radical (unpaired) electrons. The number of carbonyl (C=O) groups excluding carboxylic acids is 1. The first kappa shape index (κ1) is 11.6. The zero-order chi connectivity index (χ0) is 11.9. The fourth-order valence-corrected chi connectivity index (χ4v) is 2.04. The second-order valence-corrected chi connectivity index (χ2v) is 4.49. The van der Waals surface area contributed by atoms with Crippen molar-refractivity contribution in [1.82, 2.24) is 0 Å². The molecule has 17 heavy (non-hydrogen) atoms. The molecule has 1 aromatic heterocycles. The van der Waals surface area contributed by atoms with Crippen molar-refractivity contribution in [3.8, 4) is 0 Å². The molecule has 0 saturated carbocycles. The molecule has 1 heterocycles. The van der Waals surface area contributed by atoms with Gasteiger partial charge in [0, 0.05) is 4.88 Å². The summed E-state index contributed by atoms with van der Waals surface area (Å²) in [5.41, 5.74) is 1.01. The van der Waals surface area contributed by atoms with Gasteiger partial charge in [-0.25, -0.2) is 0 Å². The van der Waals surface area contributed by atoms with Crippen molar-refractivity contribution in [2.24, 2.45) is 0 Å². The monoisotopic (exact) mass is 244 g/mol. The molecule has 0 bridgehead atoms. The van der Waals surface area contributed by atoms with Crippen LogP contribution in [-0.2, 0) is 16.0 Å². The topological polar surface area (TPSA) is 26.3 Å². The highest BCUT2D eigenvalue weighted by atomic mass is 32.1. The maximum absolute atomic E-state index is 11.4. The Hall–Kier alpha value is -1.87. The minimum atomic E-state index is -0.236. The Morgan fingerprint density at radius 3 is 2.71 bits per heavy atom. The average Bonchev–Trinajstić information content (AvgIpc) is 2.83. The van der Waals surface area contributed by atoms with Crippen LogP contribution in [0.2, 0.25) is 0 Å². The van der Waals surface area contributed by atoms with Gasteiger partial charge in [0.2, 0.25) is 0 Å². The molecule has 2 rings (SSSR count). The van der Waals surface area contributed by atoms with Crippen molar-refractivity contribution in [2.75, 3.05) is 0 Å². The molecule has 3 heteroatoms. The lowest BCUT2D eigenvalue weighted by atomic mass is 10.2. The van der Waals surface area contributed by atoms with Crippen LogP contribution in [-0.4, -0.2) is 5.97 Å². The molecule has 0 amide bonds. The third-order valence-corrected chi connectivity index (χ3v) is 3.03. The summed E-state index contributed by atoms with van der Waals surface area (Å²) < 4.78 is 5.01. The fourth-order valence-electron chi connectivity index (χ4n) is 1.35. The van der Waals surface area contributed by atoms with E-state index in [-0.39, 0.29) is 5.97 Å². The summed E-state index contributed by atoms with van der Waals surface area (Å²) >= 11 is 1.56. The Kier molecular flexibility index (Phi) is 4.11. The number of esters is 1. The lowest BCUT2D eigenvalue weighted by Crippen LogP contribution is -2.02. The van der Waals surface area contributed by atoms with Crippen molar-refractivity contribution in [3.05, 3.63) is 64.5 Å². The maximum atomic E-state index is 11.4. The minimum Gasteiger partial charge on any atom is -0.434 e. The molecule has 0 aliphatic heterocycles. The van der Waals surface area contributed by atoms with Crippen LogP contribution in [0.15, 0.2) is 54.1 Å². The molecule has 0 spiro atoms. The molecule has 0 unspecified atom stereocenters. The third kappa shape index (κ3) is 3.89. The highest BCUT2D eigenvalue weighted by Crippen LogP contribution is 2.10. The van der Waals surface area contributed by atoms with Crippen molar-refractivity contribution in [1.29, 1.82) is 0 Å². The third-order valence-electron chi connectivity index (χ3n) is 2.16. The van der Waals surface area contributed by atoms with E-state index in [1.165, 1.54) is 6.26 Å². The highest BCUT2D eigenvalue weighted by Gasteiger charge is 2.03. The van der Waals surface area contributed by atoms with Gasteiger partial charge in [-0.05, 0) is 23.1 Å². The SMILES string of the molecule is O=C(Cc1cccs1)O/C=C/c1ccccc1. The van der Waals surface area contributed by atoms with Crippen LogP contribution in [0.3, 0.4) is 0 Å². The van der Waals surface area contributed by atoms with Crippen LogP contribution in [0.1, 0.15) is 10.4 Å². The number of thiophene rings is 1. The predicted octanol–water partition coefficient (Wildman–Crippen LogP) is 3.50. The van der Waals surface area contributed by atoms with E-state index in [1.54, 1.807) is 17.4 Å². The molecule has 0 atom stereocenters. The van der Waals surface area contributed by atoms with Crippen molar-refractivity contribution >= 4 is 23.4 Å². The second kappa shape index (κ2) is 6.01. The lowest BCUT2D eigenvalue weighted by Gasteiger charge is -1.97. The molecule has 0 N–H and O–H groups in total. The highest BCUT2D eigenvalue weighted by molar-refractivity contribution is 7.10. The van der Waals surface area contributed by atoms with E-state index in [2.05, 4.69) is 0 Å². The Morgan fingerprint density at radius 1 is 1.18 bits per heavy atom. The summed E-state index contributed by atoms with van der Waals surface area (Å²) in [6.45, 7) is 0. The first-order chi connectivity index (χ1) is 8.34. The summed E-state index contributed by atoms with van der Waals surface area (Å²) in [5.74, 6) is -0.236. The van der Waals surface area contributed by atoms with Crippen LogP contribution in [0.5, 0.6) is 0 Å². The molecule has 0 aliphatic carbocycles. The second-order valence-electron chi connectivity index (χ2n) is 3.46. The Balaban J connectivity index is 1.82. The van der Waals surface area contributed by atoms with E-state index < -0.39 is 0 Å². The standard InChI is InChI=1S/C14H12O2S/c15-14(11-13-7-4-10-17-13)16-9-8-12-5-2-1-3-6-12/h1-10H,11H2/b9-8+. The molecule has 0 saturated heterocycles. The van der Waals surface area contributed by atoms with Gasteiger partial charge in [0.25, 0.3) is 0 Å². The van der Waals surface area contributed by atoms with E-state index in [9.17, 15) is 4.79 Å². The summed E-state index contributed by atoms with van der Waals surface area (Å²) in [4.78, 5) is 12.5. The maximum Gasteiger partial charge on any atom is 0.315 e. The Morgan fingerprint density at radius 2 is 2.00 bits per heavy atom. The van der Waals surface area contributed by atoms with E-state index >= 15 is 0 Å². The van der Waals surface area contributed by atoms with Crippen LogP contribution >= 0.6 is 11.3 Å². The van der Waals surface area contributed by atoms with Gasteiger partial charge in [-0.2, -0.15) is 0 Å². The summed E-state index contributed by atoms with van der Waals surface area (Å²) in [6.07, 6.45) is 3.54. The van der Waals surface area contributed by atoms with Gasteiger partial charge in [-0.3, -0.25) is 4.79 Å². The number of hydrogen-bond donors (Lipinski definition) is 0. The average molecular weight is 244 g/mol. The van der Waals surface area contributed by atoms with E-state index in [0.717, 1.165) is 10.4 Å². The van der Waals surface area contributed by atoms with Gasteiger partial charge in [-0.1, -0.05) is 36.4 Å². The molecular weight excluding hydrogens is 232 g/mol. The summed E-state index contributed by atoms with van der Waals surface area (Å²) in [6, 6.07) is 13.6. The number of carbonyl (C=O) groups is 1. The van der Waals surface area contributed by atoms with Gasteiger partial charge in [0.05, 0.1) is 12.7 Å². The zero-order valence-electron chi connectivity index (χ0n) is 9.21. The van der Waals surface area contributed by atoms with Gasteiger partial charge >= 0.3 is 5.97 Å². The normalized spacial score (nSPS) is 10.6. The first-order valence-corrected chi connectivity index (χ1v) is 6.16. The summed E-state index contributed by atoms with van der Waals surface area (Å²) in [5, 5.41) is 1.95.